The number of carboxylic acid groups (broad SMARTS) is 1. The average molecular weight is 948 g/mol. The zero-order valence-corrected chi connectivity index (χ0v) is 39.8. The lowest BCUT2D eigenvalue weighted by Gasteiger charge is -2.36. The van der Waals surface area contributed by atoms with Crippen molar-refractivity contribution in [3.63, 3.8) is 0 Å². The van der Waals surface area contributed by atoms with Crippen molar-refractivity contribution in [1.29, 1.82) is 5.41 Å². The Morgan fingerprint density at radius 3 is 2.46 bits per heavy atom. The van der Waals surface area contributed by atoms with Crippen molar-refractivity contribution in [2.45, 2.75) is 58.4 Å². The van der Waals surface area contributed by atoms with Gasteiger partial charge >= 0.3 is 5.97 Å². The molecule has 0 radical (unpaired) electrons. The molecule has 0 aliphatic carbocycles. The predicted octanol–water partition coefficient (Wildman–Crippen LogP) is 8.40. The third kappa shape index (κ3) is 10.5. The molecule has 16 heteroatoms. The number of amides is 3. The highest BCUT2D eigenvalue weighted by molar-refractivity contribution is 7.22. The Bertz CT molecular complexity index is 2900. The highest BCUT2D eigenvalue weighted by Gasteiger charge is 2.32. The Morgan fingerprint density at radius 2 is 1.67 bits per heavy atom. The van der Waals surface area contributed by atoms with Crippen molar-refractivity contribution in [2.75, 3.05) is 73.4 Å². The number of unbranched alkanes of at least 4 members (excludes halogenated alkanes) is 3. The number of carbonyl (C=O) groups is 4. The Kier molecular flexibility index (Phi) is 14.3. The Hall–Kier alpha value is -7.17. The summed E-state index contributed by atoms with van der Waals surface area (Å²) in [6, 6.07) is 28.9. The fourth-order valence-corrected chi connectivity index (χ4v) is 10.5. The zero-order valence-electron chi connectivity index (χ0n) is 39.0. The molecule has 356 valence electrons. The molecule has 2 aromatic heterocycles. The second-order valence-corrected chi connectivity index (χ2v) is 18.9. The van der Waals surface area contributed by atoms with E-state index in [0.29, 0.717) is 60.2 Å². The maximum absolute atomic E-state index is 13.6. The maximum atomic E-state index is 13.6. The van der Waals surface area contributed by atoms with Crippen LogP contribution < -0.4 is 30.5 Å². The molecule has 1 atom stereocenters. The number of nitrogens with one attached hydrogen (secondary N) is 4. The summed E-state index contributed by atoms with van der Waals surface area (Å²) in [5, 5.41) is 28.3. The molecule has 0 bridgehead atoms. The van der Waals surface area contributed by atoms with E-state index in [0.717, 1.165) is 108 Å². The van der Waals surface area contributed by atoms with Crippen LogP contribution in [0.15, 0.2) is 91.0 Å². The van der Waals surface area contributed by atoms with Gasteiger partial charge in [0.1, 0.15) is 11.6 Å². The Balaban J connectivity index is 0.742. The molecule has 1 unspecified atom stereocenters. The standard InChI is InChI=1S/C53H57N9O6S/c1-33-36(37-19-21-46(57-49(37)52(66)67)62-25-23-34-11-9-13-38(41(34)32-62)50(64)59-53-56-42-14-5-6-16-45(42)69-53)12-10-15-44(33)68-30-8-4-3-7-24-60-26-28-61(29-27-60)35-17-18-39(43(31-35)55-2)48(54)40-20-22-47(63)58-51(40)65/h5-6,9-19,21,31,40,54-55H,3-4,7-8,20,22-30,32H2,1-2H3,(H,66,67)(H,56,59,64)(H,58,63,65). The highest BCUT2D eigenvalue weighted by Crippen LogP contribution is 2.35. The van der Waals surface area contributed by atoms with E-state index in [1.54, 1.807) is 0 Å². The van der Waals surface area contributed by atoms with E-state index in [1.807, 2.05) is 104 Å². The van der Waals surface area contributed by atoms with Gasteiger partial charge in [0.15, 0.2) is 10.8 Å². The summed E-state index contributed by atoms with van der Waals surface area (Å²) in [5.74, 6) is -1.41. The average Bonchev–Trinajstić information content (AvgIpc) is 3.78. The number of hydrogen-bond donors (Lipinski definition) is 5. The maximum Gasteiger partial charge on any atom is 0.355 e. The minimum Gasteiger partial charge on any atom is -0.493 e. The van der Waals surface area contributed by atoms with Crippen molar-refractivity contribution in [2.24, 2.45) is 5.92 Å². The van der Waals surface area contributed by atoms with Gasteiger partial charge in [-0.2, -0.15) is 0 Å². The minimum atomic E-state index is -1.12. The number of pyridine rings is 1. The minimum absolute atomic E-state index is 0.0374. The number of thiazole rings is 1. The van der Waals surface area contributed by atoms with Crippen LogP contribution >= 0.6 is 11.3 Å². The topological polar surface area (TPSA) is 193 Å². The summed E-state index contributed by atoms with van der Waals surface area (Å²) in [6.07, 6.45) is 5.42. The summed E-state index contributed by atoms with van der Waals surface area (Å²) in [6.45, 7) is 8.31. The van der Waals surface area contributed by atoms with Gasteiger partial charge in [-0.15, -0.1) is 0 Å². The van der Waals surface area contributed by atoms with E-state index in [-0.39, 0.29) is 29.6 Å². The number of aromatic nitrogens is 2. The van der Waals surface area contributed by atoms with Crippen molar-refractivity contribution >= 4 is 73.3 Å². The number of carboxylic acids is 1. The molecule has 9 rings (SSSR count). The second kappa shape index (κ2) is 21.0. The van der Waals surface area contributed by atoms with Gasteiger partial charge in [-0.05, 0) is 116 Å². The summed E-state index contributed by atoms with van der Waals surface area (Å²) >= 11 is 1.43. The normalized spacial score (nSPS) is 16.2. The number of imide groups is 1. The SMILES string of the molecule is CNc1cc(N2CCN(CCCCCCOc3cccc(-c4ccc(N5CCc6cccc(C(=O)Nc7nc8ccccc8s7)c6C5)nc4C(=O)O)c3C)CC2)ccc1C(=N)C1CCC(=O)NC1=O. The lowest BCUT2D eigenvalue weighted by atomic mass is 9.88. The van der Waals surface area contributed by atoms with Crippen LogP contribution in [0.4, 0.5) is 22.3 Å². The van der Waals surface area contributed by atoms with E-state index in [4.69, 9.17) is 15.1 Å². The molecular weight excluding hydrogens is 891 g/mol. The Morgan fingerprint density at radius 1 is 0.855 bits per heavy atom. The number of aromatic carboxylic acids is 1. The third-order valence-electron chi connectivity index (χ3n) is 13.5. The molecule has 0 saturated carbocycles. The van der Waals surface area contributed by atoms with Crippen LogP contribution in [0.3, 0.4) is 0 Å². The van der Waals surface area contributed by atoms with Crippen LogP contribution in [-0.2, 0) is 22.6 Å². The molecule has 2 fully saturated rings. The molecular formula is C53H57N9O6S. The smallest absolute Gasteiger partial charge is 0.355 e. The van der Waals surface area contributed by atoms with Crippen LogP contribution in [0.25, 0.3) is 21.3 Å². The van der Waals surface area contributed by atoms with Crippen LogP contribution in [0, 0.1) is 18.3 Å². The van der Waals surface area contributed by atoms with Crippen LogP contribution in [0.5, 0.6) is 5.75 Å². The van der Waals surface area contributed by atoms with E-state index < -0.39 is 17.8 Å². The van der Waals surface area contributed by atoms with Crippen LogP contribution in [0.1, 0.15) is 81.6 Å². The monoisotopic (exact) mass is 947 g/mol. The first-order valence-corrected chi connectivity index (χ1v) is 24.6. The lowest BCUT2D eigenvalue weighted by Crippen LogP contribution is -2.46. The summed E-state index contributed by atoms with van der Waals surface area (Å²) < 4.78 is 7.28. The fraction of sp³-hybridized carbons (Fsp3) is 0.340. The highest BCUT2D eigenvalue weighted by atomic mass is 32.1. The number of piperidine rings is 1. The first-order chi connectivity index (χ1) is 33.5. The molecule has 6 aromatic rings. The van der Waals surface area contributed by atoms with Gasteiger partial charge in [-0.25, -0.2) is 14.8 Å². The molecule has 2 saturated heterocycles. The number of anilines is 4. The van der Waals surface area contributed by atoms with Gasteiger partial charge in [0.2, 0.25) is 11.8 Å². The number of rotatable bonds is 17. The number of nitrogens with zero attached hydrogens (tertiary/aromatic N) is 5. The number of hydrogen-bond acceptors (Lipinski definition) is 13. The molecule has 69 heavy (non-hydrogen) atoms. The van der Waals surface area contributed by atoms with Crippen molar-refractivity contribution in [3.8, 4) is 16.9 Å². The second-order valence-electron chi connectivity index (χ2n) is 17.8. The summed E-state index contributed by atoms with van der Waals surface area (Å²) in [5.41, 5.74) is 8.25. The first kappa shape index (κ1) is 46.9. The van der Waals surface area contributed by atoms with E-state index in [1.165, 1.54) is 11.3 Å². The van der Waals surface area contributed by atoms with E-state index in [2.05, 4.69) is 36.8 Å². The molecule has 5 N–H and O–H groups in total. The number of ether oxygens (including phenoxy) is 1. The quantitative estimate of drug-likeness (QED) is 0.0334. The van der Waals surface area contributed by atoms with Gasteiger partial charge < -0.3 is 30.4 Å². The first-order valence-electron chi connectivity index (χ1n) is 23.8. The summed E-state index contributed by atoms with van der Waals surface area (Å²) in [7, 11) is 1.82. The molecule has 3 amide bonds. The molecule has 3 aliphatic rings. The van der Waals surface area contributed by atoms with Gasteiger partial charge in [0.25, 0.3) is 5.91 Å². The molecule has 0 spiro atoms. The van der Waals surface area contributed by atoms with Gasteiger partial charge in [0, 0.05) is 80.8 Å². The van der Waals surface area contributed by atoms with Gasteiger partial charge in [-0.1, -0.05) is 60.6 Å². The molecule has 3 aliphatic heterocycles. The number of benzene rings is 4. The zero-order chi connectivity index (χ0) is 48.0. The van der Waals surface area contributed by atoms with Crippen molar-refractivity contribution < 1.29 is 29.0 Å². The van der Waals surface area contributed by atoms with Gasteiger partial charge in [0.05, 0.1) is 28.5 Å². The van der Waals surface area contributed by atoms with E-state index in [9.17, 15) is 24.3 Å². The number of piperazine rings is 1. The molecule has 5 heterocycles. The van der Waals surface area contributed by atoms with Crippen molar-refractivity contribution in [1.82, 2.24) is 20.2 Å². The summed E-state index contributed by atoms with van der Waals surface area (Å²) in [4.78, 5) is 66.7. The van der Waals surface area contributed by atoms with Gasteiger partial charge in [-0.3, -0.25) is 29.9 Å². The van der Waals surface area contributed by atoms with Crippen LogP contribution in [-0.4, -0.2) is 102 Å². The Labute approximate surface area is 405 Å². The fourth-order valence-electron chi connectivity index (χ4n) is 9.68. The predicted molar refractivity (Wildman–Crippen MR) is 271 cm³/mol. The third-order valence-corrected chi connectivity index (χ3v) is 14.5. The lowest BCUT2D eigenvalue weighted by molar-refractivity contribution is -0.134. The largest absolute Gasteiger partial charge is 0.493 e. The number of carbonyl (C=O) groups excluding carboxylic acids is 3. The molecule has 4 aromatic carbocycles. The number of para-hydroxylation sites is 1. The van der Waals surface area contributed by atoms with Crippen molar-refractivity contribution in [3.05, 3.63) is 125 Å². The molecule has 15 nitrogen and oxygen atoms in total. The van der Waals surface area contributed by atoms with Crippen LogP contribution in [0.2, 0.25) is 0 Å². The number of fused-ring (bicyclic) bond motifs is 2. The van der Waals surface area contributed by atoms with E-state index >= 15 is 0 Å².